The molecule has 2 aromatic carbocycles. The molecular formula is C19H16ClF4NO2. The number of benzene rings is 2. The first-order chi connectivity index (χ1) is 12.5. The van der Waals surface area contributed by atoms with Crippen LogP contribution < -0.4 is 9.64 Å². The lowest BCUT2D eigenvalue weighted by molar-refractivity contribution is -0.137. The highest BCUT2D eigenvalue weighted by Crippen LogP contribution is 2.44. The SMILES string of the molecule is CC(C)C1C(=O)N(C)c2ccc(Oc3c(F)cc(C(F)(F)F)cc3Cl)cc21. The van der Waals surface area contributed by atoms with Crippen LogP contribution in [0.15, 0.2) is 30.3 Å². The van der Waals surface area contributed by atoms with E-state index in [9.17, 15) is 22.4 Å². The van der Waals surface area contributed by atoms with E-state index in [1.165, 1.54) is 11.0 Å². The maximum atomic E-state index is 14.2. The summed E-state index contributed by atoms with van der Waals surface area (Å²) in [5.41, 5.74) is 0.238. The van der Waals surface area contributed by atoms with Crippen LogP contribution in [-0.4, -0.2) is 13.0 Å². The lowest BCUT2D eigenvalue weighted by Gasteiger charge is -2.15. The Labute approximate surface area is 158 Å². The van der Waals surface area contributed by atoms with Crippen LogP contribution in [-0.2, 0) is 11.0 Å². The van der Waals surface area contributed by atoms with E-state index in [0.717, 1.165) is 5.56 Å². The van der Waals surface area contributed by atoms with Gasteiger partial charge < -0.3 is 9.64 Å². The van der Waals surface area contributed by atoms with Gasteiger partial charge >= 0.3 is 6.18 Å². The zero-order valence-corrected chi connectivity index (χ0v) is 15.5. The number of halogens is 5. The fourth-order valence-corrected chi connectivity index (χ4v) is 3.44. The van der Waals surface area contributed by atoms with Crippen LogP contribution in [0.1, 0.15) is 30.9 Å². The predicted molar refractivity (Wildman–Crippen MR) is 93.9 cm³/mol. The average molecular weight is 402 g/mol. The second-order valence-electron chi connectivity index (χ2n) is 6.71. The van der Waals surface area contributed by atoms with Crippen molar-refractivity contribution in [3.05, 3.63) is 52.3 Å². The van der Waals surface area contributed by atoms with E-state index in [1.807, 2.05) is 13.8 Å². The number of likely N-dealkylation sites (N-methyl/N-ethyl adjacent to an activating group) is 1. The molecule has 1 aliphatic heterocycles. The van der Waals surface area contributed by atoms with Gasteiger partial charge in [0.05, 0.1) is 16.5 Å². The monoisotopic (exact) mass is 401 g/mol. The van der Waals surface area contributed by atoms with Crippen LogP contribution >= 0.6 is 11.6 Å². The van der Waals surface area contributed by atoms with Gasteiger partial charge in [0, 0.05) is 12.7 Å². The van der Waals surface area contributed by atoms with Crippen LogP contribution in [0.3, 0.4) is 0 Å². The van der Waals surface area contributed by atoms with Gasteiger partial charge in [0.25, 0.3) is 0 Å². The van der Waals surface area contributed by atoms with Crippen LogP contribution in [0.4, 0.5) is 23.2 Å². The smallest absolute Gasteiger partial charge is 0.416 e. The lowest BCUT2D eigenvalue weighted by atomic mass is 9.90. The molecule has 0 radical (unpaired) electrons. The summed E-state index contributed by atoms with van der Waals surface area (Å²) in [6, 6.07) is 5.71. The molecule has 0 saturated heterocycles. The molecule has 3 rings (SSSR count). The third-order valence-electron chi connectivity index (χ3n) is 4.50. The summed E-state index contributed by atoms with van der Waals surface area (Å²) in [4.78, 5) is 13.9. The van der Waals surface area contributed by atoms with E-state index < -0.39 is 28.3 Å². The molecule has 1 heterocycles. The first-order valence-electron chi connectivity index (χ1n) is 8.16. The van der Waals surface area contributed by atoms with Gasteiger partial charge in [-0.15, -0.1) is 0 Å². The van der Waals surface area contributed by atoms with Crippen molar-refractivity contribution in [1.29, 1.82) is 0 Å². The first-order valence-corrected chi connectivity index (χ1v) is 8.54. The molecule has 0 spiro atoms. The molecule has 2 aromatic rings. The van der Waals surface area contributed by atoms with Gasteiger partial charge in [-0.05, 0) is 41.8 Å². The molecule has 1 amide bonds. The molecule has 0 aromatic heterocycles. The number of rotatable bonds is 3. The molecule has 1 atom stereocenters. The fourth-order valence-electron chi connectivity index (χ4n) is 3.19. The van der Waals surface area contributed by atoms with Crippen molar-refractivity contribution in [3.8, 4) is 11.5 Å². The molecule has 1 aliphatic rings. The first kappa shape index (κ1) is 19.5. The van der Waals surface area contributed by atoms with E-state index in [4.69, 9.17) is 16.3 Å². The normalized spacial score (nSPS) is 16.9. The molecule has 0 bridgehead atoms. The van der Waals surface area contributed by atoms with Crippen molar-refractivity contribution in [2.24, 2.45) is 5.92 Å². The Hall–Kier alpha value is -2.28. The number of carbonyl (C=O) groups excluding carboxylic acids is 1. The Morgan fingerprint density at radius 2 is 1.85 bits per heavy atom. The number of hydrogen-bond acceptors (Lipinski definition) is 2. The highest BCUT2D eigenvalue weighted by atomic mass is 35.5. The number of fused-ring (bicyclic) bond motifs is 1. The Morgan fingerprint density at radius 3 is 2.41 bits per heavy atom. The van der Waals surface area contributed by atoms with Gasteiger partial charge in [-0.2, -0.15) is 13.2 Å². The molecule has 144 valence electrons. The standard InChI is InChI=1S/C19H16ClF4NO2/c1-9(2)16-12-8-11(4-5-15(12)25(3)18(16)26)27-17-13(20)6-10(7-14(17)21)19(22,23)24/h4-9,16H,1-3H3. The van der Waals surface area contributed by atoms with Crippen LogP contribution in [0.25, 0.3) is 0 Å². The number of carbonyl (C=O) groups is 1. The Kier molecular flexibility index (Phi) is 4.84. The number of ether oxygens (including phenoxy) is 1. The molecule has 3 nitrogen and oxygen atoms in total. The van der Waals surface area contributed by atoms with Crippen molar-refractivity contribution in [1.82, 2.24) is 0 Å². The Balaban J connectivity index is 1.98. The molecular weight excluding hydrogens is 386 g/mol. The van der Waals surface area contributed by atoms with Gasteiger partial charge in [0.2, 0.25) is 5.91 Å². The maximum Gasteiger partial charge on any atom is 0.416 e. The number of alkyl halides is 3. The zero-order chi connectivity index (χ0) is 20.1. The molecule has 0 saturated carbocycles. The van der Waals surface area contributed by atoms with Crippen LogP contribution in [0, 0.1) is 11.7 Å². The third-order valence-corrected chi connectivity index (χ3v) is 4.78. The number of anilines is 1. The minimum absolute atomic E-state index is 0.0304. The Bertz CT molecular complexity index is 888. The van der Waals surface area contributed by atoms with Gasteiger partial charge in [-0.25, -0.2) is 4.39 Å². The third kappa shape index (κ3) is 3.48. The summed E-state index contributed by atoms with van der Waals surface area (Å²) in [6.07, 6.45) is -4.72. The summed E-state index contributed by atoms with van der Waals surface area (Å²) in [5.74, 6) is -1.93. The summed E-state index contributed by atoms with van der Waals surface area (Å²) in [6.45, 7) is 3.82. The summed E-state index contributed by atoms with van der Waals surface area (Å²) < 4.78 is 57.8. The minimum atomic E-state index is -4.72. The van der Waals surface area contributed by atoms with Gasteiger partial charge in [-0.3, -0.25) is 4.79 Å². The van der Waals surface area contributed by atoms with E-state index >= 15 is 0 Å². The molecule has 1 unspecified atom stereocenters. The van der Waals surface area contributed by atoms with E-state index in [0.29, 0.717) is 17.8 Å². The van der Waals surface area contributed by atoms with E-state index in [2.05, 4.69) is 0 Å². The van der Waals surface area contributed by atoms with Crippen LogP contribution in [0.5, 0.6) is 11.5 Å². The number of hydrogen-bond donors (Lipinski definition) is 0. The van der Waals surface area contributed by atoms with E-state index in [-0.39, 0.29) is 23.5 Å². The van der Waals surface area contributed by atoms with Crippen LogP contribution in [0.2, 0.25) is 5.02 Å². The second-order valence-corrected chi connectivity index (χ2v) is 7.12. The maximum absolute atomic E-state index is 14.2. The van der Waals surface area contributed by atoms with Gasteiger partial charge in [0.15, 0.2) is 11.6 Å². The topological polar surface area (TPSA) is 29.5 Å². The molecule has 0 N–H and O–H groups in total. The molecule has 0 fully saturated rings. The summed E-state index contributed by atoms with van der Waals surface area (Å²) in [5, 5.41) is -0.489. The number of nitrogens with zero attached hydrogens (tertiary/aromatic N) is 1. The summed E-state index contributed by atoms with van der Waals surface area (Å²) >= 11 is 5.81. The summed E-state index contributed by atoms with van der Waals surface area (Å²) in [7, 11) is 1.66. The Morgan fingerprint density at radius 1 is 1.19 bits per heavy atom. The van der Waals surface area contributed by atoms with Gasteiger partial charge in [0.1, 0.15) is 5.75 Å². The largest absolute Gasteiger partial charge is 0.453 e. The predicted octanol–water partition coefficient (Wildman–Crippen LogP) is 6.01. The molecule has 8 heteroatoms. The van der Waals surface area contributed by atoms with Crippen molar-refractivity contribution in [3.63, 3.8) is 0 Å². The second kappa shape index (κ2) is 6.71. The molecule has 0 aliphatic carbocycles. The minimum Gasteiger partial charge on any atom is -0.453 e. The van der Waals surface area contributed by atoms with Crippen molar-refractivity contribution in [2.75, 3.05) is 11.9 Å². The average Bonchev–Trinajstić information content (AvgIpc) is 2.80. The lowest BCUT2D eigenvalue weighted by Crippen LogP contribution is -2.26. The zero-order valence-electron chi connectivity index (χ0n) is 14.7. The quantitative estimate of drug-likeness (QED) is 0.590. The number of amides is 1. The fraction of sp³-hybridized carbons (Fsp3) is 0.316. The highest BCUT2D eigenvalue weighted by Gasteiger charge is 2.37. The van der Waals surface area contributed by atoms with Crippen molar-refractivity contribution in [2.45, 2.75) is 25.9 Å². The highest BCUT2D eigenvalue weighted by molar-refractivity contribution is 6.32. The van der Waals surface area contributed by atoms with Crippen molar-refractivity contribution >= 4 is 23.2 Å². The molecule has 27 heavy (non-hydrogen) atoms. The van der Waals surface area contributed by atoms with Crippen molar-refractivity contribution < 1.29 is 27.1 Å². The van der Waals surface area contributed by atoms with E-state index in [1.54, 1.807) is 19.2 Å². The van der Waals surface area contributed by atoms with Gasteiger partial charge in [-0.1, -0.05) is 25.4 Å².